The summed E-state index contributed by atoms with van der Waals surface area (Å²) < 4.78 is 6.15. The zero-order valence-corrected chi connectivity index (χ0v) is 13.6. The van der Waals surface area contributed by atoms with Gasteiger partial charge < -0.3 is 4.74 Å². The maximum absolute atomic E-state index is 12.5. The predicted octanol–water partition coefficient (Wildman–Crippen LogP) is 3.64. The molecule has 0 aromatic heterocycles. The molecule has 0 unspecified atom stereocenters. The third-order valence-electron chi connectivity index (χ3n) is 4.52. The summed E-state index contributed by atoms with van der Waals surface area (Å²) in [4.78, 5) is 23.5. The fourth-order valence-electron chi connectivity index (χ4n) is 3.70. The number of hydrogen-bond acceptors (Lipinski definition) is 4. The molecule has 2 bridgehead atoms. The number of ketones is 1. The van der Waals surface area contributed by atoms with Crippen LogP contribution in [0.3, 0.4) is 0 Å². The molecule has 2 aliphatic rings. The smallest absolute Gasteiger partial charge is 0.273 e. The Kier molecular flexibility index (Phi) is 3.84. The van der Waals surface area contributed by atoms with Crippen LogP contribution in [0, 0.1) is 22.0 Å². The van der Waals surface area contributed by atoms with Crippen LogP contribution in [0.1, 0.15) is 38.7 Å². The molecule has 0 saturated heterocycles. The number of allylic oxidation sites excluding steroid dienone is 1. The maximum Gasteiger partial charge on any atom is 0.273 e. The summed E-state index contributed by atoms with van der Waals surface area (Å²) in [6.07, 6.45) is 4.20. The van der Waals surface area contributed by atoms with E-state index in [1.807, 2.05) is 32.9 Å². The lowest BCUT2D eigenvalue weighted by Crippen LogP contribution is -2.38. The third-order valence-corrected chi connectivity index (χ3v) is 4.52. The average Bonchev–Trinajstić information content (AvgIpc) is 2.65. The van der Waals surface area contributed by atoms with E-state index < -0.39 is 0 Å². The summed E-state index contributed by atoms with van der Waals surface area (Å²) in [5, 5.41) is 11.3. The monoisotopic (exact) mass is 315 g/mol. The van der Waals surface area contributed by atoms with Gasteiger partial charge in [0.2, 0.25) is 0 Å². The summed E-state index contributed by atoms with van der Waals surface area (Å²) in [5.74, 6) is -0.427. The topological polar surface area (TPSA) is 69.4 Å². The fourth-order valence-corrected chi connectivity index (χ4v) is 3.70. The number of carbonyl (C=O) groups is 1. The molecule has 2 aliphatic carbocycles. The number of ether oxygens (including phenoxy) is 1. The van der Waals surface area contributed by atoms with Gasteiger partial charge in [0.25, 0.3) is 5.69 Å². The minimum Gasteiger partial charge on any atom is -0.371 e. The van der Waals surface area contributed by atoms with Gasteiger partial charge in [0.05, 0.1) is 22.5 Å². The number of rotatable bonds is 3. The van der Waals surface area contributed by atoms with E-state index in [0.717, 1.165) is 0 Å². The lowest BCUT2D eigenvalue weighted by atomic mass is 9.77. The first-order chi connectivity index (χ1) is 10.8. The number of benzene rings is 1. The highest BCUT2D eigenvalue weighted by molar-refractivity contribution is 5.87. The first-order valence-corrected chi connectivity index (χ1v) is 7.90. The van der Waals surface area contributed by atoms with Gasteiger partial charge in [-0.2, -0.15) is 0 Å². The number of nitro benzene ring substituents is 1. The second-order valence-electron chi connectivity index (χ2n) is 7.28. The van der Waals surface area contributed by atoms with Gasteiger partial charge in [-0.05, 0) is 20.8 Å². The zero-order valence-electron chi connectivity index (χ0n) is 13.6. The number of nitro groups is 1. The van der Waals surface area contributed by atoms with Crippen molar-refractivity contribution in [1.29, 1.82) is 0 Å². The Bertz CT molecular complexity index is 674. The van der Waals surface area contributed by atoms with Crippen LogP contribution in [-0.4, -0.2) is 22.4 Å². The van der Waals surface area contributed by atoms with Crippen molar-refractivity contribution < 1.29 is 14.5 Å². The molecule has 122 valence electrons. The SMILES string of the molecule is CC(C)(C)O[C@H]1[C@@H]2C(=O)C[C@H]1C=C[C@H]2c1ccccc1[N+](=O)[O-]. The molecule has 1 aromatic rings. The number of para-hydroxylation sites is 1. The van der Waals surface area contributed by atoms with E-state index in [-0.39, 0.29) is 45.9 Å². The Labute approximate surface area is 135 Å². The van der Waals surface area contributed by atoms with Crippen molar-refractivity contribution in [2.24, 2.45) is 11.8 Å². The van der Waals surface area contributed by atoms with Crippen molar-refractivity contribution >= 4 is 11.5 Å². The number of nitrogens with zero attached hydrogens (tertiary/aromatic N) is 1. The van der Waals surface area contributed by atoms with Gasteiger partial charge in [-0.3, -0.25) is 14.9 Å². The lowest BCUT2D eigenvalue weighted by molar-refractivity contribution is -0.385. The first kappa shape index (κ1) is 15.9. The molecular formula is C18H21NO4. The van der Waals surface area contributed by atoms with Crippen LogP contribution in [0.2, 0.25) is 0 Å². The Morgan fingerprint density at radius 1 is 1.22 bits per heavy atom. The number of fused-ring (bicyclic) bond motifs is 2. The highest BCUT2D eigenvalue weighted by Gasteiger charge is 2.50. The van der Waals surface area contributed by atoms with Crippen LogP contribution in [0.5, 0.6) is 0 Å². The molecule has 0 heterocycles. The molecule has 0 amide bonds. The van der Waals surface area contributed by atoms with Crippen molar-refractivity contribution in [3.63, 3.8) is 0 Å². The molecule has 1 saturated carbocycles. The van der Waals surface area contributed by atoms with Gasteiger partial charge in [0.15, 0.2) is 0 Å². The second-order valence-corrected chi connectivity index (χ2v) is 7.28. The molecule has 0 spiro atoms. The Morgan fingerprint density at radius 3 is 2.57 bits per heavy atom. The van der Waals surface area contributed by atoms with Crippen molar-refractivity contribution in [1.82, 2.24) is 0 Å². The van der Waals surface area contributed by atoms with Gasteiger partial charge in [0, 0.05) is 29.9 Å². The van der Waals surface area contributed by atoms with Gasteiger partial charge >= 0.3 is 0 Å². The summed E-state index contributed by atoms with van der Waals surface area (Å²) >= 11 is 0. The van der Waals surface area contributed by atoms with Crippen LogP contribution < -0.4 is 0 Å². The molecule has 0 N–H and O–H groups in total. The van der Waals surface area contributed by atoms with Gasteiger partial charge in [-0.15, -0.1) is 0 Å². The van der Waals surface area contributed by atoms with Crippen molar-refractivity contribution in [2.75, 3.05) is 0 Å². The molecule has 4 atom stereocenters. The quantitative estimate of drug-likeness (QED) is 0.485. The van der Waals surface area contributed by atoms with Crippen LogP contribution in [0.25, 0.3) is 0 Å². The fraction of sp³-hybridized carbons (Fsp3) is 0.500. The zero-order chi connectivity index (χ0) is 16.8. The highest BCUT2D eigenvalue weighted by atomic mass is 16.6. The summed E-state index contributed by atoms with van der Waals surface area (Å²) in [7, 11) is 0. The van der Waals surface area contributed by atoms with E-state index in [0.29, 0.717) is 12.0 Å². The molecule has 0 aliphatic heterocycles. The molecule has 0 radical (unpaired) electrons. The Balaban J connectivity index is 2.01. The maximum atomic E-state index is 12.5. The summed E-state index contributed by atoms with van der Waals surface area (Å²) in [6.45, 7) is 5.90. The number of carbonyl (C=O) groups excluding carboxylic acids is 1. The van der Waals surface area contributed by atoms with E-state index in [4.69, 9.17) is 4.74 Å². The molecule has 3 rings (SSSR count). The molecule has 1 fully saturated rings. The Hall–Kier alpha value is -2.01. The van der Waals surface area contributed by atoms with Gasteiger partial charge in [0.1, 0.15) is 5.78 Å². The van der Waals surface area contributed by atoms with E-state index in [2.05, 4.69) is 0 Å². The average molecular weight is 315 g/mol. The molecular weight excluding hydrogens is 294 g/mol. The number of Topliss-reactive ketones (excluding diaryl/α,β-unsaturated/α-hetero) is 1. The minimum atomic E-state index is -0.381. The highest BCUT2D eigenvalue weighted by Crippen LogP contribution is 2.48. The Morgan fingerprint density at radius 2 is 1.91 bits per heavy atom. The van der Waals surface area contributed by atoms with Crippen LogP contribution in [0.4, 0.5) is 5.69 Å². The van der Waals surface area contributed by atoms with Crippen molar-refractivity contribution in [3.8, 4) is 0 Å². The van der Waals surface area contributed by atoms with E-state index >= 15 is 0 Å². The molecule has 23 heavy (non-hydrogen) atoms. The molecule has 1 aromatic carbocycles. The minimum absolute atomic E-state index is 0.0646. The van der Waals surface area contributed by atoms with Crippen molar-refractivity contribution in [3.05, 3.63) is 52.1 Å². The summed E-state index contributed by atoms with van der Waals surface area (Å²) in [5.41, 5.74) is 0.300. The van der Waals surface area contributed by atoms with Crippen LogP contribution >= 0.6 is 0 Å². The normalized spacial score (nSPS) is 29.8. The summed E-state index contributed by atoms with van der Waals surface area (Å²) in [6, 6.07) is 6.67. The molecule has 5 heteroatoms. The van der Waals surface area contributed by atoms with Crippen molar-refractivity contribution in [2.45, 2.75) is 44.8 Å². The lowest BCUT2D eigenvalue weighted by Gasteiger charge is -2.36. The van der Waals surface area contributed by atoms with Crippen LogP contribution in [-0.2, 0) is 9.53 Å². The third kappa shape index (κ3) is 2.93. The number of hydrogen-bond donors (Lipinski definition) is 0. The largest absolute Gasteiger partial charge is 0.371 e. The second kappa shape index (κ2) is 5.57. The molecule has 5 nitrogen and oxygen atoms in total. The van der Waals surface area contributed by atoms with E-state index in [1.54, 1.807) is 18.2 Å². The van der Waals surface area contributed by atoms with E-state index in [1.165, 1.54) is 6.07 Å². The first-order valence-electron chi connectivity index (χ1n) is 7.90. The van der Waals surface area contributed by atoms with Gasteiger partial charge in [-0.25, -0.2) is 0 Å². The van der Waals surface area contributed by atoms with Gasteiger partial charge in [-0.1, -0.05) is 30.4 Å². The standard InChI is InChI=1S/C18H21NO4/c1-18(2,3)23-17-11-8-9-13(16(17)15(20)10-11)12-6-4-5-7-14(12)19(21)22/h4-9,11,13,16-17H,10H2,1-3H3/t11-,13+,16+,17-/m1/s1. The van der Waals surface area contributed by atoms with E-state index in [9.17, 15) is 14.9 Å². The predicted molar refractivity (Wildman–Crippen MR) is 86.2 cm³/mol. The van der Waals surface area contributed by atoms with Crippen LogP contribution in [0.15, 0.2) is 36.4 Å².